The number of ether oxygens (including phenoxy) is 1. The summed E-state index contributed by atoms with van der Waals surface area (Å²) in [4.78, 5) is 20.7. The Morgan fingerprint density at radius 1 is 1.71 bits per heavy atom. The Kier molecular flexibility index (Phi) is 5.33. The molecule has 14 heavy (non-hydrogen) atoms. The van der Waals surface area contributed by atoms with E-state index in [1.807, 2.05) is 0 Å². The number of esters is 1. The van der Waals surface area contributed by atoms with Gasteiger partial charge < -0.3 is 4.74 Å². The first-order valence-electron chi connectivity index (χ1n) is 3.44. The fourth-order valence-corrected chi connectivity index (χ4v) is 1.25. The van der Waals surface area contributed by atoms with Gasteiger partial charge in [-0.25, -0.2) is 4.79 Å². The number of nitriles is 1. The SMILES string of the molecule is COC(=O)/C(C#N)=C(\C[N+](=O)[O-])SC. The highest BCUT2D eigenvalue weighted by Gasteiger charge is 2.18. The van der Waals surface area contributed by atoms with Crippen LogP contribution in [0.15, 0.2) is 10.5 Å². The van der Waals surface area contributed by atoms with Crippen molar-refractivity contribution in [1.82, 2.24) is 0 Å². The van der Waals surface area contributed by atoms with Crippen molar-refractivity contribution in [1.29, 1.82) is 5.26 Å². The third-order valence-corrected chi connectivity index (χ3v) is 2.13. The van der Waals surface area contributed by atoms with Crippen LogP contribution in [0.3, 0.4) is 0 Å². The Balaban J connectivity index is 5.03. The standard InChI is InChI=1S/C7H8N2O4S/c1-13-7(10)5(3-8)6(14-2)4-9(11)12/h4H2,1-2H3/b6-5+. The van der Waals surface area contributed by atoms with Gasteiger partial charge in [0.15, 0.2) is 5.57 Å². The van der Waals surface area contributed by atoms with Gasteiger partial charge in [-0.15, -0.1) is 11.8 Å². The van der Waals surface area contributed by atoms with Gasteiger partial charge in [0.1, 0.15) is 6.07 Å². The summed E-state index contributed by atoms with van der Waals surface area (Å²) in [6, 6.07) is 1.59. The third-order valence-electron chi connectivity index (χ3n) is 1.30. The van der Waals surface area contributed by atoms with Crippen molar-refractivity contribution in [2.24, 2.45) is 0 Å². The van der Waals surface area contributed by atoms with E-state index in [1.165, 1.54) is 0 Å². The van der Waals surface area contributed by atoms with Crippen molar-refractivity contribution in [2.45, 2.75) is 0 Å². The molecule has 0 saturated heterocycles. The van der Waals surface area contributed by atoms with E-state index in [-0.39, 0.29) is 10.5 Å². The molecular weight excluding hydrogens is 208 g/mol. The van der Waals surface area contributed by atoms with Crippen molar-refractivity contribution in [3.63, 3.8) is 0 Å². The molecule has 0 atom stereocenters. The van der Waals surface area contributed by atoms with Crippen LogP contribution in [-0.2, 0) is 9.53 Å². The predicted octanol–water partition coefficient (Wildman–Crippen LogP) is 0.577. The molecule has 0 N–H and O–H groups in total. The number of thioether (sulfide) groups is 1. The normalized spacial score (nSPS) is 11.2. The van der Waals surface area contributed by atoms with Gasteiger partial charge >= 0.3 is 5.97 Å². The molecule has 6 nitrogen and oxygen atoms in total. The first-order chi connectivity index (χ1) is 6.56. The van der Waals surface area contributed by atoms with Crippen molar-refractivity contribution >= 4 is 17.7 Å². The quantitative estimate of drug-likeness (QED) is 0.224. The van der Waals surface area contributed by atoms with Crippen LogP contribution in [0.5, 0.6) is 0 Å². The van der Waals surface area contributed by atoms with Crippen molar-refractivity contribution < 1.29 is 14.5 Å². The zero-order chi connectivity index (χ0) is 11.1. The minimum Gasteiger partial charge on any atom is -0.465 e. The molecule has 76 valence electrons. The lowest BCUT2D eigenvalue weighted by Gasteiger charge is -2.01. The van der Waals surface area contributed by atoms with Gasteiger partial charge in [0.25, 0.3) is 0 Å². The molecule has 0 aliphatic heterocycles. The molecule has 0 aromatic heterocycles. The largest absolute Gasteiger partial charge is 0.465 e. The summed E-state index contributed by atoms with van der Waals surface area (Å²) in [6.07, 6.45) is 1.55. The van der Waals surface area contributed by atoms with E-state index in [0.717, 1.165) is 18.9 Å². The van der Waals surface area contributed by atoms with Crippen molar-refractivity contribution in [3.8, 4) is 6.07 Å². The average molecular weight is 216 g/mol. The van der Waals surface area contributed by atoms with Crippen LogP contribution in [-0.4, -0.2) is 30.8 Å². The molecule has 7 heteroatoms. The zero-order valence-corrected chi connectivity index (χ0v) is 8.46. The molecule has 0 aromatic rings. The second-order valence-electron chi connectivity index (χ2n) is 2.10. The average Bonchev–Trinajstić information content (AvgIpc) is 2.16. The number of nitro groups is 1. The van der Waals surface area contributed by atoms with Gasteiger partial charge in [0, 0.05) is 4.92 Å². The molecule has 0 heterocycles. The number of nitrogens with zero attached hydrogens (tertiary/aromatic N) is 2. The molecular formula is C7H8N2O4S. The topological polar surface area (TPSA) is 93.2 Å². The molecule has 0 spiro atoms. The van der Waals surface area contributed by atoms with Gasteiger partial charge in [0.2, 0.25) is 6.54 Å². The molecule has 0 aromatic carbocycles. The van der Waals surface area contributed by atoms with Crippen LogP contribution in [0.2, 0.25) is 0 Å². The maximum Gasteiger partial charge on any atom is 0.349 e. The van der Waals surface area contributed by atoms with Gasteiger partial charge in [-0.05, 0) is 6.26 Å². The Bertz CT molecular complexity index is 318. The summed E-state index contributed by atoms with van der Waals surface area (Å²) >= 11 is 0.989. The van der Waals surface area contributed by atoms with E-state index >= 15 is 0 Å². The second kappa shape index (κ2) is 5.99. The van der Waals surface area contributed by atoms with E-state index < -0.39 is 17.4 Å². The Morgan fingerprint density at radius 2 is 2.29 bits per heavy atom. The van der Waals surface area contributed by atoms with E-state index in [4.69, 9.17) is 5.26 Å². The van der Waals surface area contributed by atoms with Gasteiger partial charge in [-0.2, -0.15) is 5.26 Å². The smallest absolute Gasteiger partial charge is 0.349 e. The highest BCUT2D eigenvalue weighted by molar-refractivity contribution is 8.02. The number of hydrogen-bond donors (Lipinski definition) is 0. The number of methoxy groups -OCH3 is 1. The summed E-state index contributed by atoms with van der Waals surface area (Å²) in [6.45, 7) is -0.543. The first kappa shape index (κ1) is 12.4. The van der Waals surface area contributed by atoms with Gasteiger partial charge in [-0.3, -0.25) is 10.1 Å². The lowest BCUT2D eigenvalue weighted by Crippen LogP contribution is -2.10. The van der Waals surface area contributed by atoms with E-state index in [9.17, 15) is 14.9 Å². The maximum absolute atomic E-state index is 11.0. The second-order valence-corrected chi connectivity index (χ2v) is 3.00. The van der Waals surface area contributed by atoms with E-state index in [2.05, 4.69) is 4.74 Å². The summed E-state index contributed by atoms with van der Waals surface area (Å²) in [5.74, 6) is -0.848. The number of carbonyl (C=O) groups excluding carboxylic acids is 1. The molecule has 0 radical (unpaired) electrons. The third kappa shape index (κ3) is 3.45. The van der Waals surface area contributed by atoms with Crippen LogP contribution in [0.4, 0.5) is 0 Å². The van der Waals surface area contributed by atoms with Crippen molar-refractivity contribution in [2.75, 3.05) is 19.9 Å². The molecule has 0 aliphatic rings. The molecule has 0 rings (SSSR count). The van der Waals surface area contributed by atoms with Crippen LogP contribution >= 0.6 is 11.8 Å². The molecule has 0 fully saturated rings. The minimum atomic E-state index is -0.848. The first-order valence-corrected chi connectivity index (χ1v) is 4.66. The lowest BCUT2D eigenvalue weighted by atomic mass is 10.3. The summed E-state index contributed by atoms with van der Waals surface area (Å²) < 4.78 is 4.31. The van der Waals surface area contributed by atoms with Crippen LogP contribution in [0, 0.1) is 21.4 Å². The minimum absolute atomic E-state index is 0.101. The van der Waals surface area contributed by atoms with Crippen molar-refractivity contribution in [3.05, 3.63) is 20.6 Å². The summed E-state index contributed by atoms with van der Waals surface area (Å²) in [5, 5.41) is 18.8. The number of carbonyl (C=O) groups is 1. The Morgan fingerprint density at radius 3 is 2.57 bits per heavy atom. The highest BCUT2D eigenvalue weighted by atomic mass is 32.2. The molecule has 0 aliphatic carbocycles. The summed E-state index contributed by atoms with van der Waals surface area (Å²) in [5.41, 5.74) is -0.309. The number of hydrogen-bond acceptors (Lipinski definition) is 6. The molecule has 0 amide bonds. The van der Waals surface area contributed by atoms with Gasteiger partial charge in [0.05, 0.1) is 12.0 Å². The zero-order valence-electron chi connectivity index (χ0n) is 7.64. The Hall–Kier alpha value is -1.55. The number of rotatable bonds is 4. The van der Waals surface area contributed by atoms with Crippen LogP contribution in [0.25, 0.3) is 0 Å². The van der Waals surface area contributed by atoms with E-state index in [0.29, 0.717) is 0 Å². The molecule has 0 saturated carbocycles. The van der Waals surface area contributed by atoms with Crippen LogP contribution < -0.4 is 0 Å². The van der Waals surface area contributed by atoms with E-state index in [1.54, 1.807) is 12.3 Å². The fraction of sp³-hybridized carbons (Fsp3) is 0.429. The Labute approximate surface area is 84.7 Å². The fourth-order valence-electron chi connectivity index (χ4n) is 0.687. The lowest BCUT2D eigenvalue weighted by molar-refractivity contribution is -0.469. The van der Waals surface area contributed by atoms with Crippen LogP contribution in [0.1, 0.15) is 0 Å². The van der Waals surface area contributed by atoms with Gasteiger partial charge in [-0.1, -0.05) is 0 Å². The monoisotopic (exact) mass is 216 g/mol. The predicted molar refractivity (Wildman–Crippen MR) is 50.0 cm³/mol. The highest BCUT2D eigenvalue weighted by Crippen LogP contribution is 2.17. The molecule has 0 bridgehead atoms. The maximum atomic E-state index is 11.0. The molecule has 0 unspecified atom stereocenters. The summed E-state index contributed by atoms with van der Waals surface area (Å²) in [7, 11) is 1.11.